The lowest BCUT2D eigenvalue weighted by molar-refractivity contribution is -0.135. The smallest absolute Gasteiger partial charge is 0.306 e. The molecule has 0 saturated carbocycles. The second-order valence-electron chi connectivity index (χ2n) is 5.70. The van der Waals surface area contributed by atoms with E-state index in [0.717, 1.165) is 5.56 Å². The first-order valence-corrected chi connectivity index (χ1v) is 7.05. The summed E-state index contributed by atoms with van der Waals surface area (Å²) in [5, 5.41) is 2.30. The average Bonchev–Trinajstić information content (AvgIpc) is 2.74. The van der Waals surface area contributed by atoms with Crippen molar-refractivity contribution in [2.45, 2.75) is 38.6 Å². The molecular weight excluding hydrogens is 270 g/mol. The summed E-state index contributed by atoms with van der Waals surface area (Å²) in [5.74, 6) is -0.370. The van der Waals surface area contributed by atoms with Crippen molar-refractivity contribution in [1.29, 1.82) is 0 Å². The highest BCUT2D eigenvalue weighted by atomic mass is 16.2. The molecule has 6 heteroatoms. The van der Waals surface area contributed by atoms with Crippen LogP contribution in [0.25, 0.3) is 11.0 Å². The molecule has 6 nitrogen and oxygen atoms in total. The number of nitrogens with one attached hydrogen (secondary N) is 2. The largest absolute Gasteiger partial charge is 0.327 e. The number of piperidine rings is 1. The summed E-state index contributed by atoms with van der Waals surface area (Å²) in [7, 11) is 0. The summed E-state index contributed by atoms with van der Waals surface area (Å²) in [6.07, 6.45) is 0.600. The molecule has 0 aliphatic carbocycles. The maximum absolute atomic E-state index is 12.2. The van der Waals surface area contributed by atoms with Crippen LogP contribution in [-0.4, -0.2) is 21.4 Å². The molecule has 0 spiro atoms. The van der Waals surface area contributed by atoms with Gasteiger partial charge in [-0.05, 0) is 30.0 Å². The Balaban J connectivity index is 2.15. The maximum Gasteiger partial charge on any atom is 0.327 e. The van der Waals surface area contributed by atoms with E-state index < -0.39 is 11.9 Å². The van der Waals surface area contributed by atoms with Crippen LogP contribution in [0.3, 0.4) is 0 Å². The molecule has 1 aliphatic rings. The van der Waals surface area contributed by atoms with E-state index in [1.54, 1.807) is 0 Å². The van der Waals surface area contributed by atoms with Gasteiger partial charge in [0.2, 0.25) is 11.8 Å². The molecule has 1 fully saturated rings. The number of aromatic nitrogens is 2. The molecule has 21 heavy (non-hydrogen) atoms. The predicted molar refractivity (Wildman–Crippen MR) is 78.1 cm³/mol. The van der Waals surface area contributed by atoms with Gasteiger partial charge in [-0.3, -0.25) is 19.5 Å². The van der Waals surface area contributed by atoms with Crippen molar-refractivity contribution >= 4 is 22.8 Å². The van der Waals surface area contributed by atoms with E-state index in [0.29, 0.717) is 23.4 Å². The number of carbonyl (C=O) groups excluding carboxylic acids is 2. The first-order valence-electron chi connectivity index (χ1n) is 7.05. The number of carbonyl (C=O) groups is 2. The zero-order chi connectivity index (χ0) is 15.1. The standard InChI is InChI=1S/C15H17N3O3/c1-8(2)9-3-4-10-12(7-9)18(15(21)16-10)11-5-6-13(19)17-14(11)20/h3-4,7-8,11H,5-6H2,1-2H3,(H,16,21)(H,17,19,20)/t11-/m1/s1. The molecule has 1 aliphatic heterocycles. The lowest BCUT2D eigenvalue weighted by atomic mass is 10.0. The van der Waals surface area contributed by atoms with E-state index in [2.05, 4.69) is 24.1 Å². The number of nitrogens with zero attached hydrogens (tertiary/aromatic N) is 1. The molecule has 1 atom stereocenters. The zero-order valence-corrected chi connectivity index (χ0v) is 12.0. The minimum Gasteiger partial charge on any atom is -0.306 e. The van der Waals surface area contributed by atoms with Crippen LogP contribution in [-0.2, 0) is 9.59 Å². The van der Waals surface area contributed by atoms with E-state index >= 15 is 0 Å². The third-order valence-corrected chi connectivity index (χ3v) is 3.93. The molecule has 2 N–H and O–H groups in total. The highest BCUT2D eigenvalue weighted by molar-refractivity contribution is 6.00. The van der Waals surface area contributed by atoms with Gasteiger partial charge < -0.3 is 4.98 Å². The van der Waals surface area contributed by atoms with Gasteiger partial charge in [0.15, 0.2) is 0 Å². The van der Waals surface area contributed by atoms with Gasteiger partial charge >= 0.3 is 5.69 Å². The minimum absolute atomic E-state index is 0.249. The molecule has 1 saturated heterocycles. The average molecular weight is 287 g/mol. The Kier molecular flexibility index (Phi) is 3.16. The molecule has 1 aromatic carbocycles. The lowest BCUT2D eigenvalue weighted by Gasteiger charge is -2.22. The molecule has 1 aromatic heterocycles. The lowest BCUT2D eigenvalue weighted by Crippen LogP contribution is -2.43. The Morgan fingerprint density at radius 3 is 2.67 bits per heavy atom. The summed E-state index contributed by atoms with van der Waals surface area (Å²) in [5.41, 5.74) is 2.19. The summed E-state index contributed by atoms with van der Waals surface area (Å²) < 4.78 is 1.46. The van der Waals surface area contributed by atoms with Crippen molar-refractivity contribution < 1.29 is 9.59 Å². The molecule has 3 rings (SSSR count). The second-order valence-corrected chi connectivity index (χ2v) is 5.70. The van der Waals surface area contributed by atoms with Crippen LogP contribution < -0.4 is 11.0 Å². The van der Waals surface area contributed by atoms with Crippen LogP contribution >= 0.6 is 0 Å². The number of fused-ring (bicyclic) bond motifs is 1. The van der Waals surface area contributed by atoms with Crippen molar-refractivity contribution in [1.82, 2.24) is 14.9 Å². The van der Waals surface area contributed by atoms with Gasteiger partial charge in [-0.25, -0.2) is 4.79 Å². The minimum atomic E-state index is -0.633. The van der Waals surface area contributed by atoms with Crippen molar-refractivity contribution in [3.8, 4) is 0 Å². The number of imide groups is 1. The number of hydrogen-bond donors (Lipinski definition) is 2. The first kappa shape index (κ1) is 13.6. The quantitative estimate of drug-likeness (QED) is 0.820. The molecule has 2 aromatic rings. The van der Waals surface area contributed by atoms with Gasteiger partial charge in [0.05, 0.1) is 11.0 Å². The van der Waals surface area contributed by atoms with Gasteiger partial charge in [-0.1, -0.05) is 19.9 Å². The Hall–Kier alpha value is -2.37. The van der Waals surface area contributed by atoms with Crippen LogP contribution in [0.4, 0.5) is 0 Å². The Labute approximate surface area is 121 Å². The van der Waals surface area contributed by atoms with Gasteiger partial charge in [0.25, 0.3) is 0 Å². The summed E-state index contributed by atoms with van der Waals surface area (Å²) in [6.45, 7) is 4.14. The molecule has 0 radical (unpaired) electrons. The third kappa shape index (κ3) is 2.26. The summed E-state index contributed by atoms with van der Waals surface area (Å²) in [4.78, 5) is 38.2. The Morgan fingerprint density at radius 2 is 2.00 bits per heavy atom. The number of hydrogen-bond acceptors (Lipinski definition) is 3. The van der Waals surface area contributed by atoms with E-state index in [1.165, 1.54) is 4.57 Å². The molecule has 2 heterocycles. The van der Waals surface area contributed by atoms with Gasteiger partial charge in [-0.15, -0.1) is 0 Å². The van der Waals surface area contributed by atoms with E-state index in [4.69, 9.17) is 0 Å². The van der Waals surface area contributed by atoms with Crippen molar-refractivity contribution in [3.63, 3.8) is 0 Å². The van der Waals surface area contributed by atoms with Crippen LogP contribution in [0.1, 0.15) is 44.2 Å². The molecular formula is C15H17N3O3. The van der Waals surface area contributed by atoms with Gasteiger partial charge in [-0.2, -0.15) is 0 Å². The molecule has 0 unspecified atom stereocenters. The fourth-order valence-corrected chi connectivity index (χ4v) is 2.74. The van der Waals surface area contributed by atoms with Crippen molar-refractivity contribution in [2.24, 2.45) is 0 Å². The number of H-pyrrole nitrogens is 1. The fraction of sp³-hybridized carbons (Fsp3) is 0.400. The van der Waals surface area contributed by atoms with Crippen LogP contribution in [0.2, 0.25) is 0 Å². The third-order valence-electron chi connectivity index (χ3n) is 3.93. The highest BCUT2D eigenvalue weighted by Gasteiger charge is 2.30. The van der Waals surface area contributed by atoms with Crippen LogP contribution in [0.5, 0.6) is 0 Å². The SMILES string of the molecule is CC(C)c1ccc2[nH]c(=O)n([C@@H]3CCC(=O)NC3=O)c2c1. The monoisotopic (exact) mass is 287 g/mol. The zero-order valence-electron chi connectivity index (χ0n) is 12.0. The number of imidazole rings is 1. The van der Waals surface area contributed by atoms with Crippen molar-refractivity contribution in [3.05, 3.63) is 34.2 Å². The summed E-state index contributed by atoms with van der Waals surface area (Å²) in [6, 6.07) is 5.12. The van der Waals surface area contributed by atoms with Crippen molar-refractivity contribution in [2.75, 3.05) is 0 Å². The topological polar surface area (TPSA) is 84.0 Å². The van der Waals surface area contributed by atoms with E-state index in [9.17, 15) is 14.4 Å². The van der Waals surface area contributed by atoms with Gasteiger partial charge in [0, 0.05) is 6.42 Å². The fourth-order valence-electron chi connectivity index (χ4n) is 2.74. The maximum atomic E-state index is 12.2. The van der Waals surface area contributed by atoms with E-state index in [1.807, 2.05) is 18.2 Å². The number of amides is 2. The number of aromatic amines is 1. The second kappa shape index (κ2) is 4.87. The molecule has 110 valence electrons. The normalized spacial score (nSPS) is 19.3. The number of benzene rings is 1. The van der Waals surface area contributed by atoms with E-state index in [-0.39, 0.29) is 18.0 Å². The molecule has 2 amide bonds. The Bertz CT molecular complexity index is 785. The predicted octanol–water partition coefficient (Wildman–Crippen LogP) is 1.43. The summed E-state index contributed by atoms with van der Waals surface area (Å²) >= 11 is 0. The number of rotatable bonds is 2. The first-order chi connectivity index (χ1) is 9.97. The Morgan fingerprint density at radius 1 is 1.24 bits per heavy atom. The van der Waals surface area contributed by atoms with Crippen LogP contribution in [0, 0.1) is 0 Å². The van der Waals surface area contributed by atoms with Gasteiger partial charge in [0.1, 0.15) is 6.04 Å². The highest BCUT2D eigenvalue weighted by Crippen LogP contribution is 2.24. The molecule has 0 bridgehead atoms. The van der Waals surface area contributed by atoms with Crippen LogP contribution in [0.15, 0.2) is 23.0 Å².